The van der Waals surface area contributed by atoms with Crippen LogP contribution in [0.4, 0.5) is 5.95 Å². The van der Waals surface area contributed by atoms with Gasteiger partial charge in [-0.1, -0.05) is 68.4 Å². The second kappa shape index (κ2) is 9.49. The van der Waals surface area contributed by atoms with Crippen LogP contribution in [0, 0.1) is 5.41 Å². The van der Waals surface area contributed by atoms with Crippen molar-refractivity contribution in [1.29, 1.82) is 0 Å². The number of allylic oxidation sites excluding steroid dienone is 2. The summed E-state index contributed by atoms with van der Waals surface area (Å²) in [6.45, 7) is 4.72. The van der Waals surface area contributed by atoms with Gasteiger partial charge < -0.3 is 14.8 Å². The molecule has 7 nitrogen and oxygen atoms in total. The van der Waals surface area contributed by atoms with E-state index >= 15 is 0 Å². The molecule has 0 saturated heterocycles. The summed E-state index contributed by atoms with van der Waals surface area (Å²) in [6, 6.07) is 25.3. The first-order valence-electron chi connectivity index (χ1n) is 12.8. The van der Waals surface area contributed by atoms with Crippen molar-refractivity contribution in [3.8, 4) is 22.9 Å². The molecule has 192 valence electrons. The number of para-hydroxylation sites is 1. The molecule has 0 fully saturated rings. The minimum Gasteiger partial charge on any atom is -0.496 e. The molecule has 2 aliphatic rings. The predicted molar refractivity (Wildman–Crippen MR) is 146 cm³/mol. The Bertz CT molecular complexity index is 1540. The molecule has 7 heteroatoms. The van der Waals surface area contributed by atoms with E-state index in [1.54, 1.807) is 7.11 Å². The molecule has 1 aliphatic heterocycles. The van der Waals surface area contributed by atoms with Gasteiger partial charge >= 0.3 is 0 Å². The summed E-state index contributed by atoms with van der Waals surface area (Å²) in [4.78, 5) is 18.5. The van der Waals surface area contributed by atoms with Crippen molar-refractivity contribution in [3.63, 3.8) is 0 Å². The Morgan fingerprint density at radius 1 is 1.00 bits per heavy atom. The Labute approximate surface area is 222 Å². The number of benzene rings is 3. The fourth-order valence-corrected chi connectivity index (χ4v) is 5.38. The summed E-state index contributed by atoms with van der Waals surface area (Å²) in [6.07, 6.45) is 1.24. The van der Waals surface area contributed by atoms with Crippen LogP contribution in [0.5, 0.6) is 11.5 Å². The lowest BCUT2D eigenvalue weighted by atomic mass is 9.73. The molecule has 3 aromatic carbocycles. The molecule has 0 spiro atoms. The lowest BCUT2D eigenvalue weighted by Crippen LogP contribution is -2.36. The molecule has 0 radical (unpaired) electrons. The molecule has 1 N–H and O–H groups in total. The van der Waals surface area contributed by atoms with Gasteiger partial charge in [-0.2, -0.15) is 4.98 Å². The third-order valence-corrected chi connectivity index (χ3v) is 7.10. The number of aromatic nitrogens is 3. The standard InChI is InChI=1S/C31H30N4O3/c1-31(2)17-24-27(25(36)18-31)28(21-12-9-13-22(16-21)38-19-20-10-5-4-6-11-20)35-30(32-24)33-29(34-35)23-14-7-8-15-26(23)37-3/h4-16,28H,17-19H2,1-3H3,(H,32,33,34). The summed E-state index contributed by atoms with van der Waals surface area (Å²) in [5.74, 6) is 2.71. The molecule has 4 aromatic rings. The number of methoxy groups -OCH3 is 1. The number of carbonyl (C=O) groups is 1. The number of carbonyl (C=O) groups excluding carboxylic acids is 1. The van der Waals surface area contributed by atoms with Gasteiger partial charge in [-0.05, 0) is 47.2 Å². The molecular weight excluding hydrogens is 476 g/mol. The molecule has 1 aromatic heterocycles. The topological polar surface area (TPSA) is 78.3 Å². The lowest BCUT2D eigenvalue weighted by Gasteiger charge is -2.38. The van der Waals surface area contributed by atoms with Crippen molar-refractivity contribution in [2.75, 3.05) is 12.4 Å². The van der Waals surface area contributed by atoms with Crippen molar-refractivity contribution < 1.29 is 14.3 Å². The van der Waals surface area contributed by atoms with E-state index in [-0.39, 0.29) is 11.2 Å². The van der Waals surface area contributed by atoms with E-state index in [4.69, 9.17) is 19.6 Å². The summed E-state index contributed by atoms with van der Waals surface area (Å²) >= 11 is 0. The van der Waals surface area contributed by atoms with Gasteiger partial charge in [0.05, 0.1) is 12.7 Å². The van der Waals surface area contributed by atoms with Crippen molar-refractivity contribution in [1.82, 2.24) is 14.8 Å². The number of rotatable bonds is 6. The molecule has 0 bridgehead atoms. The van der Waals surface area contributed by atoms with Crippen molar-refractivity contribution in [2.45, 2.75) is 39.3 Å². The summed E-state index contributed by atoms with van der Waals surface area (Å²) in [5.41, 5.74) is 4.33. The number of ether oxygens (including phenoxy) is 2. The molecule has 38 heavy (non-hydrogen) atoms. The Hall–Kier alpha value is -4.39. The van der Waals surface area contributed by atoms with E-state index in [1.807, 2.05) is 83.5 Å². The molecule has 2 heterocycles. The van der Waals surface area contributed by atoms with Crippen molar-refractivity contribution in [3.05, 3.63) is 101 Å². The fourth-order valence-electron chi connectivity index (χ4n) is 5.38. The van der Waals surface area contributed by atoms with Crippen molar-refractivity contribution in [2.24, 2.45) is 5.41 Å². The van der Waals surface area contributed by atoms with E-state index in [9.17, 15) is 4.79 Å². The van der Waals surface area contributed by atoms with Crippen LogP contribution in [0.3, 0.4) is 0 Å². The number of fused-ring (bicyclic) bond motifs is 1. The van der Waals surface area contributed by atoms with Crippen LogP contribution in [0.1, 0.15) is 43.9 Å². The van der Waals surface area contributed by atoms with Crippen LogP contribution in [-0.2, 0) is 11.4 Å². The maximum Gasteiger partial charge on any atom is 0.226 e. The zero-order chi connectivity index (χ0) is 26.3. The average molecular weight is 507 g/mol. The predicted octanol–water partition coefficient (Wildman–Crippen LogP) is 6.19. The van der Waals surface area contributed by atoms with Gasteiger partial charge in [-0.3, -0.25) is 4.79 Å². The molecule has 0 amide bonds. The van der Waals surface area contributed by atoms with Gasteiger partial charge in [-0.25, -0.2) is 4.68 Å². The summed E-state index contributed by atoms with van der Waals surface area (Å²) < 4.78 is 13.5. The molecule has 6 rings (SSSR count). The highest BCUT2D eigenvalue weighted by Gasteiger charge is 2.42. The Kier molecular flexibility index (Phi) is 5.98. The number of hydrogen-bond acceptors (Lipinski definition) is 6. The van der Waals surface area contributed by atoms with E-state index < -0.39 is 6.04 Å². The second-order valence-electron chi connectivity index (χ2n) is 10.6. The monoisotopic (exact) mass is 506 g/mol. The molecule has 1 unspecified atom stereocenters. The van der Waals surface area contributed by atoms with Crippen LogP contribution < -0.4 is 14.8 Å². The number of nitrogens with zero attached hydrogens (tertiary/aromatic N) is 3. The first-order chi connectivity index (χ1) is 18.4. The molecule has 0 saturated carbocycles. The normalized spacial score (nSPS) is 17.9. The van der Waals surface area contributed by atoms with Crippen LogP contribution in [-0.4, -0.2) is 27.7 Å². The number of Topliss-reactive ketones (excluding diaryl/α,β-unsaturated/α-hetero) is 1. The molecule has 1 aliphatic carbocycles. The Morgan fingerprint density at radius 3 is 2.61 bits per heavy atom. The molecular formula is C31H30N4O3. The largest absolute Gasteiger partial charge is 0.496 e. The van der Waals surface area contributed by atoms with Gasteiger partial charge in [0.1, 0.15) is 24.1 Å². The number of anilines is 1. The maximum atomic E-state index is 13.6. The smallest absolute Gasteiger partial charge is 0.226 e. The average Bonchev–Trinajstić information content (AvgIpc) is 3.34. The van der Waals surface area contributed by atoms with E-state index in [0.29, 0.717) is 30.5 Å². The molecule has 1 atom stereocenters. The Balaban J connectivity index is 1.43. The van der Waals surface area contributed by atoms with E-state index in [0.717, 1.165) is 40.1 Å². The van der Waals surface area contributed by atoms with Crippen molar-refractivity contribution >= 4 is 11.7 Å². The Morgan fingerprint density at radius 2 is 1.79 bits per heavy atom. The van der Waals surface area contributed by atoms with Crippen LogP contribution in [0.2, 0.25) is 0 Å². The summed E-state index contributed by atoms with van der Waals surface area (Å²) in [5, 5.41) is 8.36. The van der Waals surface area contributed by atoms with Crippen LogP contribution in [0.25, 0.3) is 11.4 Å². The highest BCUT2D eigenvalue weighted by Crippen LogP contribution is 2.46. The minimum atomic E-state index is -0.416. The quantitative estimate of drug-likeness (QED) is 0.336. The highest BCUT2D eigenvalue weighted by molar-refractivity contribution is 6.00. The zero-order valence-electron chi connectivity index (χ0n) is 21.8. The van der Waals surface area contributed by atoms with Crippen LogP contribution >= 0.6 is 0 Å². The fraction of sp³-hybridized carbons (Fsp3) is 0.258. The van der Waals surface area contributed by atoms with Gasteiger partial charge in [-0.15, -0.1) is 5.10 Å². The third-order valence-electron chi connectivity index (χ3n) is 7.10. The lowest BCUT2D eigenvalue weighted by molar-refractivity contribution is -0.118. The number of hydrogen-bond donors (Lipinski definition) is 1. The van der Waals surface area contributed by atoms with Gasteiger partial charge in [0.15, 0.2) is 11.6 Å². The highest BCUT2D eigenvalue weighted by atomic mass is 16.5. The first-order valence-corrected chi connectivity index (χ1v) is 12.8. The third kappa shape index (κ3) is 4.45. The first kappa shape index (κ1) is 24.0. The number of ketones is 1. The second-order valence-corrected chi connectivity index (χ2v) is 10.6. The number of nitrogens with one attached hydrogen (secondary N) is 1. The van der Waals surface area contributed by atoms with Gasteiger partial charge in [0.2, 0.25) is 5.95 Å². The maximum absolute atomic E-state index is 13.6. The van der Waals surface area contributed by atoms with E-state index in [1.165, 1.54) is 0 Å². The summed E-state index contributed by atoms with van der Waals surface area (Å²) in [7, 11) is 1.64. The minimum absolute atomic E-state index is 0.129. The SMILES string of the molecule is COc1ccccc1-c1nc2n(n1)C(c1cccc(OCc3ccccc3)c1)C1=C(CC(C)(C)CC1=O)N2. The van der Waals surface area contributed by atoms with Gasteiger partial charge in [0.25, 0.3) is 0 Å². The zero-order valence-corrected chi connectivity index (χ0v) is 21.8. The van der Waals surface area contributed by atoms with Crippen LogP contribution in [0.15, 0.2) is 90.1 Å². The van der Waals surface area contributed by atoms with E-state index in [2.05, 4.69) is 19.2 Å². The van der Waals surface area contributed by atoms with Gasteiger partial charge in [0, 0.05) is 17.7 Å².